The van der Waals surface area contributed by atoms with E-state index in [1.807, 2.05) is 0 Å². The standard InChI is InChI=1S/C16H15FN2O3S/c1-19(12-8-6-11(17)7-9-12)16(20)18-14-10-23(21,22)15-5-3-2-4-13(14)15/h2-9,14H,10H2,1H3,(H,18,20). The highest BCUT2D eigenvalue weighted by Gasteiger charge is 2.35. The van der Waals surface area contributed by atoms with Crippen molar-refractivity contribution in [3.63, 3.8) is 0 Å². The van der Waals surface area contributed by atoms with Gasteiger partial charge in [0.15, 0.2) is 9.84 Å². The first-order valence-corrected chi connectivity index (χ1v) is 8.65. The van der Waals surface area contributed by atoms with E-state index < -0.39 is 27.7 Å². The summed E-state index contributed by atoms with van der Waals surface area (Å²) in [6, 6.07) is 11.1. The number of amides is 2. The van der Waals surface area contributed by atoms with Gasteiger partial charge in [-0.2, -0.15) is 0 Å². The number of nitrogens with one attached hydrogen (secondary N) is 1. The van der Waals surface area contributed by atoms with Crippen LogP contribution < -0.4 is 10.2 Å². The number of carbonyl (C=O) groups is 1. The molecule has 5 nitrogen and oxygen atoms in total. The molecule has 0 saturated heterocycles. The largest absolute Gasteiger partial charge is 0.330 e. The highest BCUT2D eigenvalue weighted by molar-refractivity contribution is 7.91. The normalized spacial score (nSPS) is 18.3. The fourth-order valence-electron chi connectivity index (χ4n) is 2.60. The Bertz CT molecular complexity index is 850. The van der Waals surface area contributed by atoms with Crippen molar-refractivity contribution in [1.82, 2.24) is 5.32 Å². The fraction of sp³-hybridized carbons (Fsp3) is 0.188. The third kappa shape index (κ3) is 2.92. The van der Waals surface area contributed by atoms with Crippen LogP contribution in [0.4, 0.5) is 14.9 Å². The maximum absolute atomic E-state index is 12.9. The minimum Gasteiger partial charge on any atom is -0.330 e. The van der Waals surface area contributed by atoms with Gasteiger partial charge in [-0.25, -0.2) is 17.6 Å². The van der Waals surface area contributed by atoms with E-state index in [2.05, 4.69) is 5.32 Å². The number of anilines is 1. The van der Waals surface area contributed by atoms with Gasteiger partial charge in [0.05, 0.1) is 16.7 Å². The number of urea groups is 1. The molecule has 3 rings (SSSR count). The van der Waals surface area contributed by atoms with E-state index in [1.165, 1.54) is 36.2 Å². The number of halogens is 1. The molecule has 1 unspecified atom stereocenters. The predicted octanol–water partition coefficient (Wildman–Crippen LogP) is 2.50. The molecule has 23 heavy (non-hydrogen) atoms. The topological polar surface area (TPSA) is 66.5 Å². The second-order valence-electron chi connectivity index (χ2n) is 5.36. The lowest BCUT2D eigenvalue weighted by Crippen LogP contribution is -2.40. The lowest BCUT2D eigenvalue weighted by atomic mass is 10.1. The molecule has 0 aromatic heterocycles. The first kappa shape index (κ1) is 15.5. The Hall–Kier alpha value is -2.41. The first-order valence-electron chi connectivity index (χ1n) is 7.00. The molecular weight excluding hydrogens is 319 g/mol. The Morgan fingerprint density at radius 3 is 2.52 bits per heavy atom. The van der Waals surface area contributed by atoms with Crippen LogP contribution in [-0.4, -0.2) is 27.2 Å². The summed E-state index contributed by atoms with van der Waals surface area (Å²) < 4.78 is 37.2. The molecule has 0 bridgehead atoms. The van der Waals surface area contributed by atoms with Crippen molar-refractivity contribution in [2.75, 3.05) is 17.7 Å². The molecule has 2 aromatic carbocycles. The molecule has 1 atom stereocenters. The number of rotatable bonds is 2. The minimum absolute atomic E-state index is 0.157. The van der Waals surface area contributed by atoms with E-state index in [0.29, 0.717) is 11.3 Å². The zero-order valence-corrected chi connectivity index (χ0v) is 13.2. The van der Waals surface area contributed by atoms with Crippen molar-refractivity contribution < 1.29 is 17.6 Å². The van der Waals surface area contributed by atoms with Gasteiger partial charge in [0.2, 0.25) is 0 Å². The van der Waals surface area contributed by atoms with Gasteiger partial charge in [0, 0.05) is 12.7 Å². The minimum atomic E-state index is -3.38. The van der Waals surface area contributed by atoms with Crippen LogP contribution in [-0.2, 0) is 9.84 Å². The van der Waals surface area contributed by atoms with Crippen molar-refractivity contribution in [2.45, 2.75) is 10.9 Å². The molecular formula is C16H15FN2O3S. The van der Waals surface area contributed by atoms with Gasteiger partial charge in [-0.15, -0.1) is 0 Å². The molecule has 120 valence electrons. The molecule has 1 heterocycles. The Morgan fingerprint density at radius 2 is 1.83 bits per heavy atom. The number of carbonyl (C=O) groups excluding carboxylic acids is 1. The summed E-state index contributed by atoms with van der Waals surface area (Å²) in [4.78, 5) is 13.9. The third-order valence-corrected chi connectivity index (χ3v) is 5.65. The highest BCUT2D eigenvalue weighted by atomic mass is 32.2. The number of hydrogen-bond acceptors (Lipinski definition) is 3. The van der Waals surface area contributed by atoms with Gasteiger partial charge in [-0.3, -0.25) is 4.90 Å². The average Bonchev–Trinajstić information content (AvgIpc) is 2.79. The van der Waals surface area contributed by atoms with Gasteiger partial charge >= 0.3 is 6.03 Å². The molecule has 1 aliphatic rings. The Labute approximate surface area is 133 Å². The Kier molecular flexibility index (Phi) is 3.81. The first-order chi connectivity index (χ1) is 10.9. The smallest absolute Gasteiger partial charge is 0.322 e. The number of fused-ring (bicyclic) bond motifs is 1. The number of sulfone groups is 1. The summed E-state index contributed by atoms with van der Waals surface area (Å²) in [5.74, 6) is -0.548. The van der Waals surface area contributed by atoms with Gasteiger partial charge < -0.3 is 5.32 Å². The number of benzene rings is 2. The van der Waals surface area contributed by atoms with Crippen molar-refractivity contribution in [2.24, 2.45) is 0 Å². The van der Waals surface area contributed by atoms with Crippen molar-refractivity contribution in [3.05, 3.63) is 59.9 Å². The summed E-state index contributed by atoms with van der Waals surface area (Å²) in [5, 5.41) is 2.72. The Morgan fingerprint density at radius 1 is 1.17 bits per heavy atom. The van der Waals surface area contributed by atoms with Crippen LogP contribution in [0.3, 0.4) is 0 Å². The summed E-state index contributed by atoms with van der Waals surface area (Å²) in [6.07, 6.45) is 0. The third-order valence-electron chi connectivity index (χ3n) is 3.83. The SMILES string of the molecule is CN(C(=O)NC1CS(=O)(=O)c2ccccc21)c1ccc(F)cc1. The summed E-state index contributed by atoms with van der Waals surface area (Å²) in [7, 11) is -1.84. The maximum atomic E-state index is 12.9. The number of hydrogen-bond donors (Lipinski definition) is 1. The summed E-state index contributed by atoms with van der Waals surface area (Å²) in [6.45, 7) is 0. The molecule has 1 N–H and O–H groups in total. The number of nitrogens with zero attached hydrogens (tertiary/aromatic N) is 1. The van der Waals surface area contributed by atoms with Crippen molar-refractivity contribution >= 4 is 21.6 Å². The van der Waals surface area contributed by atoms with Gasteiger partial charge in [0.25, 0.3) is 0 Å². The molecule has 2 aromatic rings. The van der Waals surface area contributed by atoms with E-state index in [9.17, 15) is 17.6 Å². The highest BCUT2D eigenvalue weighted by Crippen LogP contribution is 2.33. The molecule has 0 radical (unpaired) electrons. The van der Waals surface area contributed by atoms with E-state index in [1.54, 1.807) is 24.3 Å². The van der Waals surface area contributed by atoms with Crippen LogP contribution in [0.1, 0.15) is 11.6 Å². The second kappa shape index (κ2) is 5.66. The molecule has 0 spiro atoms. The molecule has 1 aliphatic heterocycles. The van der Waals surface area contributed by atoms with Gasteiger partial charge in [-0.05, 0) is 35.9 Å². The quantitative estimate of drug-likeness (QED) is 0.917. The van der Waals surface area contributed by atoms with Crippen molar-refractivity contribution in [3.8, 4) is 0 Å². The van der Waals surface area contributed by atoms with Crippen LogP contribution >= 0.6 is 0 Å². The molecule has 0 aliphatic carbocycles. The van der Waals surface area contributed by atoms with E-state index in [-0.39, 0.29) is 10.6 Å². The van der Waals surface area contributed by atoms with E-state index in [4.69, 9.17) is 0 Å². The van der Waals surface area contributed by atoms with Crippen LogP contribution in [0.15, 0.2) is 53.4 Å². The fourth-order valence-corrected chi connectivity index (χ4v) is 4.33. The monoisotopic (exact) mass is 334 g/mol. The summed E-state index contributed by atoms with van der Waals surface area (Å²) in [5.41, 5.74) is 1.10. The predicted molar refractivity (Wildman–Crippen MR) is 84.6 cm³/mol. The molecule has 0 fully saturated rings. The zero-order valence-electron chi connectivity index (χ0n) is 12.4. The second-order valence-corrected chi connectivity index (χ2v) is 7.36. The van der Waals surface area contributed by atoms with Crippen LogP contribution in [0.2, 0.25) is 0 Å². The van der Waals surface area contributed by atoms with Crippen molar-refractivity contribution in [1.29, 1.82) is 0 Å². The summed E-state index contributed by atoms with van der Waals surface area (Å²) >= 11 is 0. The molecule has 7 heteroatoms. The van der Waals surface area contributed by atoms with Gasteiger partial charge in [-0.1, -0.05) is 18.2 Å². The van der Waals surface area contributed by atoms with E-state index >= 15 is 0 Å². The average molecular weight is 334 g/mol. The van der Waals surface area contributed by atoms with Crippen LogP contribution in [0.5, 0.6) is 0 Å². The maximum Gasteiger partial charge on any atom is 0.322 e. The zero-order chi connectivity index (χ0) is 16.6. The lowest BCUT2D eigenvalue weighted by Gasteiger charge is -2.21. The Balaban J connectivity index is 1.80. The van der Waals surface area contributed by atoms with Crippen LogP contribution in [0.25, 0.3) is 0 Å². The van der Waals surface area contributed by atoms with E-state index in [0.717, 1.165) is 0 Å². The lowest BCUT2D eigenvalue weighted by molar-refractivity contribution is 0.245. The molecule has 0 saturated carbocycles. The molecule has 2 amide bonds. The van der Waals surface area contributed by atoms with Gasteiger partial charge in [0.1, 0.15) is 5.82 Å². The van der Waals surface area contributed by atoms with Crippen LogP contribution in [0, 0.1) is 5.82 Å².